The molecular weight excluding hydrogens is 377 g/mol. The molecule has 0 spiro atoms. The molecule has 1 unspecified atom stereocenters. The summed E-state index contributed by atoms with van der Waals surface area (Å²) in [5.41, 5.74) is 1.99. The Morgan fingerprint density at radius 3 is 2.85 bits per heavy atom. The molecule has 26 heavy (non-hydrogen) atoms. The second kappa shape index (κ2) is 6.42. The minimum Gasteiger partial charge on any atom is -0.364 e. The van der Waals surface area contributed by atoms with Crippen LogP contribution in [0.3, 0.4) is 0 Å². The second-order valence-electron chi connectivity index (χ2n) is 5.94. The van der Waals surface area contributed by atoms with E-state index in [4.69, 9.17) is 27.9 Å². The fourth-order valence-electron chi connectivity index (χ4n) is 2.92. The molecule has 7 nitrogen and oxygen atoms in total. The van der Waals surface area contributed by atoms with Crippen LogP contribution in [0.2, 0.25) is 10.0 Å². The fourth-order valence-corrected chi connectivity index (χ4v) is 3.22. The van der Waals surface area contributed by atoms with Gasteiger partial charge >= 0.3 is 0 Å². The van der Waals surface area contributed by atoms with Crippen LogP contribution < -0.4 is 10.5 Å². The van der Waals surface area contributed by atoms with Gasteiger partial charge in [0.25, 0.3) is 5.56 Å². The number of rotatable bonds is 3. The lowest BCUT2D eigenvalue weighted by atomic mass is 10.2. The smallest absolute Gasteiger partial charge is 0.278 e. The number of benzene rings is 1. The standard InChI is InChI=1S/C17H15Cl2N5O2/c1-23(9-5-6-10(18)11(19)8-9)17-20-14-13(12-4-3-7-26-12)22-24(2)15(14)16(25)21-17/h3-6,8,12H,7H2,1-2H3,(H,20,21,25). The molecule has 1 N–H and O–H groups in total. The molecule has 0 fully saturated rings. The van der Waals surface area contributed by atoms with Gasteiger partial charge in [-0.25, -0.2) is 4.98 Å². The molecular formula is C17H15Cl2N5O2. The number of anilines is 2. The summed E-state index contributed by atoms with van der Waals surface area (Å²) in [5.74, 6) is 0.372. The summed E-state index contributed by atoms with van der Waals surface area (Å²) in [4.78, 5) is 21.8. The monoisotopic (exact) mass is 391 g/mol. The highest BCUT2D eigenvalue weighted by atomic mass is 35.5. The molecule has 0 radical (unpaired) electrons. The highest BCUT2D eigenvalue weighted by Crippen LogP contribution is 2.31. The van der Waals surface area contributed by atoms with Gasteiger partial charge in [0.2, 0.25) is 5.95 Å². The first-order chi connectivity index (χ1) is 12.5. The van der Waals surface area contributed by atoms with E-state index in [1.165, 1.54) is 4.68 Å². The van der Waals surface area contributed by atoms with Gasteiger partial charge in [0, 0.05) is 19.8 Å². The summed E-state index contributed by atoms with van der Waals surface area (Å²) in [7, 11) is 3.50. The van der Waals surface area contributed by atoms with Crippen molar-refractivity contribution in [2.75, 3.05) is 18.6 Å². The van der Waals surface area contributed by atoms with E-state index < -0.39 is 0 Å². The van der Waals surface area contributed by atoms with Gasteiger partial charge < -0.3 is 9.64 Å². The van der Waals surface area contributed by atoms with Crippen molar-refractivity contribution >= 4 is 45.9 Å². The molecule has 1 aliphatic rings. The maximum absolute atomic E-state index is 12.6. The van der Waals surface area contributed by atoms with Gasteiger partial charge in [0.15, 0.2) is 5.52 Å². The zero-order chi connectivity index (χ0) is 18.4. The Morgan fingerprint density at radius 2 is 2.15 bits per heavy atom. The first-order valence-electron chi connectivity index (χ1n) is 7.89. The summed E-state index contributed by atoms with van der Waals surface area (Å²) >= 11 is 12.1. The average molecular weight is 392 g/mol. The van der Waals surface area contributed by atoms with E-state index in [1.807, 2.05) is 12.2 Å². The lowest BCUT2D eigenvalue weighted by Crippen LogP contribution is -2.19. The first kappa shape index (κ1) is 17.1. The van der Waals surface area contributed by atoms with E-state index in [1.54, 1.807) is 37.2 Å². The van der Waals surface area contributed by atoms with Crippen molar-refractivity contribution < 1.29 is 4.74 Å². The summed E-state index contributed by atoms with van der Waals surface area (Å²) in [5, 5.41) is 5.31. The fraction of sp³-hybridized carbons (Fsp3) is 0.235. The molecule has 1 atom stereocenters. The number of H-pyrrole nitrogens is 1. The lowest BCUT2D eigenvalue weighted by molar-refractivity contribution is 0.126. The van der Waals surface area contributed by atoms with Crippen molar-refractivity contribution in [3.8, 4) is 0 Å². The number of aryl methyl sites for hydroxylation is 1. The number of hydrogen-bond donors (Lipinski definition) is 1. The molecule has 0 aliphatic carbocycles. The zero-order valence-corrected chi connectivity index (χ0v) is 15.5. The molecule has 2 aromatic heterocycles. The Kier molecular flexibility index (Phi) is 4.22. The summed E-state index contributed by atoms with van der Waals surface area (Å²) < 4.78 is 7.15. The first-order valence-corrected chi connectivity index (χ1v) is 8.65. The number of ether oxygens (including phenoxy) is 1. The number of nitrogens with one attached hydrogen (secondary N) is 1. The molecule has 3 aromatic rings. The van der Waals surface area contributed by atoms with Crippen LogP contribution in [0.1, 0.15) is 11.8 Å². The van der Waals surface area contributed by atoms with Crippen LogP contribution >= 0.6 is 23.2 Å². The molecule has 3 heterocycles. The Morgan fingerprint density at radius 1 is 1.35 bits per heavy atom. The van der Waals surface area contributed by atoms with Crippen LogP contribution in [0.4, 0.5) is 11.6 Å². The Balaban J connectivity index is 1.85. The summed E-state index contributed by atoms with van der Waals surface area (Å²) in [6.07, 6.45) is 3.52. The predicted octanol–water partition coefficient (Wildman–Crippen LogP) is 3.36. The van der Waals surface area contributed by atoms with Crippen LogP contribution in [0.5, 0.6) is 0 Å². The SMILES string of the molecule is CN(c1ccc(Cl)c(Cl)c1)c1nc2c(C3C=CCO3)nn(C)c2c(=O)[nH]1. The van der Waals surface area contributed by atoms with Crippen LogP contribution in [0, 0.1) is 0 Å². The van der Waals surface area contributed by atoms with Gasteiger partial charge in [-0.2, -0.15) is 5.10 Å². The molecule has 1 aliphatic heterocycles. The van der Waals surface area contributed by atoms with Gasteiger partial charge in [-0.1, -0.05) is 35.4 Å². The van der Waals surface area contributed by atoms with Crippen molar-refractivity contribution in [1.82, 2.24) is 19.7 Å². The third-order valence-electron chi connectivity index (χ3n) is 4.27. The number of nitrogens with zero attached hydrogens (tertiary/aromatic N) is 4. The van der Waals surface area contributed by atoms with Gasteiger partial charge in [-0.05, 0) is 18.2 Å². The third kappa shape index (κ3) is 2.78. The topological polar surface area (TPSA) is 76.0 Å². The van der Waals surface area contributed by atoms with E-state index in [9.17, 15) is 4.79 Å². The van der Waals surface area contributed by atoms with Crippen LogP contribution in [-0.4, -0.2) is 33.4 Å². The van der Waals surface area contributed by atoms with E-state index in [-0.39, 0.29) is 11.7 Å². The summed E-state index contributed by atoms with van der Waals surface area (Å²) in [6.45, 7) is 0.516. The van der Waals surface area contributed by atoms with Crippen LogP contribution in [-0.2, 0) is 11.8 Å². The predicted molar refractivity (Wildman–Crippen MR) is 101 cm³/mol. The van der Waals surface area contributed by atoms with E-state index in [0.717, 1.165) is 5.69 Å². The lowest BCUT2D eigenvalue weighted by Gasteiger charge is -2.18. The van der Waals surface area contributed by atoms with Crippen LogP contribution in [0.25, 0.3) is 11.0 Å². The maximum atomic E-state index is 12.6. The number of aromatic amines is 1. The highest BCUT2D eigenvalue weighted by Gasteiger charge is 2.24. The molecule has 4 rings (SSSR count). The number of aromatic nitrogens is 4. The molecule has 1 aromatic carbocycles. The third-order valence-corrected chi connectivity index (χ3v) is 5.01. The van der Waals surface area contributed by atoms with Gasteiger partial charge in [0.05, 0.1) is 16.7 Å². The largest absolute Gasteiger partial charge is 0.364 e. The molecule has 0 bridgehead atoms. The minimum absolute atomic E-state index is 0.278. The quantitative estimate of drug-likeness (QED) is 0.692. The number of fused-ring (bicyclic) bond motifs is 1. The molecule has 0 saturated carbocycles. The van der Waals surface area contributed by atoms with E-state index in [2.05, 4.69) is 15.1 Å². The van der Waals surface area contributed by atoms with Gasteiger partial charge in [0.1, 0.15) is 17.3 Å². The Labute approximate surface area is 158 Å². The number of halogens is 2. The Bertz CT molecular complexity index is 1090. The van der Waals surface area contributed by atoms with Gasteiger partial charge in [-0.15, -0.1) is 0 Å². The normalized spacial score (nSPS) is 16.5. The average Bonchev–Trinajstić information content (AvgIpc) is 3.24. The van der Waals surface area contributed by atoms with Crippen molar-refractivity contribution in [1.29, 1.82) is 0 Å². The van der Waals surface area contributed by atoms with Crippen molar-refractivity contribution in [3.63, 3.8) is 0 Å². The second-order valence-corrected chi connectivity index (χ2v) is 6.75. The Hall–Kier alpha value is -2.35. The van der Waals surface area contributed by atoms with Crippen LogP contribution in [0.15, 0.2) is 35.1 Å². The highest BCUT2D eigenvalue weighted by molar-refractivity contribution is 6.42. The molecule has 134 valence electrons. The molecule has 0 saturated heterocycles. The van der Waals surface area contributed by atoms with E-state index in [0.29, 0.717) is 39.3 Å². The van der Waals surface area contributed by atoms with Crippen molar-refractivity contribution in [2.45, 2.75) is 6.10 Å². The van der Waals surface area contributed by atoms with Crippen molar-refractivity contribution in [2.24, 2.45) is 7.05 Å². The maximum Gasteiger partial charge on any atom is 0.278 e. The molecule has 0 amide bonds. The molecule has 9 heteroatoms. The summed E-state index contributed by atoms with van der Waals surface area (Å²) in [6, 6.07) is 5.20. The number of hydrogen-bond acceptors (Lipinski definition) is 5. The zero-order valence-electron chi connectivity index (χ0n) is 14.0. The van der Waals surface area contributed by atoms with E-state index >= 15 is 0 Å². The van der Waals surface area contributed by atoms with Gasteiger partial charge in [-0.3, -0.25) is 14.5 Å². The van der Waals surface area contributed by atoms with Crippen molar-refractivity contribution in [3.05, 3.63) is 56.4 Å². The minimum atomic E-state index is -0.309.